The Morgan fingerprint density at radius 2 is 1.92 bits per heavy atom. The number of hydrogen-bond donors (Lipinski definition) is 0. The van der Waals surface area contributed by atoms with Gasteiger partial charge in [0, 0.05) is 5.69 Å². The van der Waals surface area contributed by atoms with Crippen LogP contribution in [0.2, 0.25) is 0 Å². The maximum atomic E-state index is 5.74. The number of nitrogens with zero attached hydrogens (tertiary/aromatic N) is 6. The van der Waals surface area contributed by atoms with E-state index in [0.29, 0.717) is 13.2 Å². The summed E-state index contributed by atoms with van der Waals surface area (Å²) >= 11 is 0. The third-order valence-electron chi connectivity index (χ3n) is 3.94. The second-order valence-corrected chi connectivity index (χ2v) is 5.80. The summed E-state index contributed by atoms with van der Waals surface area (Å²) in [5.41, 5.74) is 2.75. The predicted octanol–water partition coefficient (Wildman–Crippen LogP) is 2.71. The minimum atomic E-state index is 0.514. The van der Waals surface area contributed by atoms with Crippen molar-refractivity contribution in [2.45, 2.75) is 20.4 Å². The van der Waals surface area contributed by atoms with Crippen LogP contribution in [-0.4, -0.2) is 36.1 Å². The maximum absolute atomic E-state index is 5.74. The van der Waals surface area contributed by atoms with Gasteiger partial charge in [-0.3, -0.25) is 0 Å². The molecule has 0 saturated heterocycles. The Hall–Kier alpha value is -3.22. The van der Waals surface area contributed by atoms with E-state index >= 15 is 0 Å². The van der Waals surface area contributed by atoms with Crippen molar-refractivity contribution in [1.82, 2.24) is 29.5 Å². The van der Waals surface area contributed by atoms with Crippen LogP contribution in [0.15, 0.2) is 48.9 Å². The Balaban J connectivity index is 1.60. The van der Waals surface area contributed by atoms with Crippen molar-refractivity contribution < 1.29 is 4.74 Å². The molecule has 0 spiro atoms. The van der Waals surface area contributed by atoms with Gasteiger partial charge in [-0.05, 0) is 32.0 Å². The lowest BCUT2D eigenvalue weighted by Crippen LogP contribution is -2.10. The number of hydrogen-bond acceptors (Lipinski definition) is 5. The summed E-state index contributed by atoms with van der Waals surface area (Å²) in [5.74, 6) is 1.59. The second-order valence-electron chi connectivity index (χ2n) is 5.80. The fourth-order valence-electron chi connectivity index (χ4n) is 2.82. The van der Waals surface area contributed by atoms with Crippen LogP contribution in [0.25, 0.3) is 16.9 Å². The van der Waals surface area contributed by atoms with Gasteiger partial charge in [0.1, 0.15) is 18.7 Å². The van der Waals surface area contributed by atoms with Gasteiger partial charge >= 0.3 is 0 Å². The van der Waals surface area contributed by atoms with E-state index in [1.165, 1.54) is 0 Å². The molecule has 0 amide bonds. The Morgan fingerprint density at radius 1 is 1.08 bits per heavy atom. The predicted molar refractivity (Wildman–Crippen MR) is 93.9 cm³/mol. The topological polar surface area (TPSA) is 70.7 Å². The van der Waals surface area contributed by atoms with Crippen molar-refractivity contribution >= 4 is 11.0 Å². The molecule has 0 bridgehead atoms. The monoisotopic (exact) mass is 334 g/mol. The van der Waals surface area contributed by atoms with Crippen molar-refractivity contribution in [3.8, 4) is 11.6 Å². The number of para-hydroxylation sites is 1. The van der Waals surface area contributed by atoms with Crippen LogP contribution in [0.5, 0.6) is 5.75 Å². The molecule has 25 heavy (non-hydrogen) atoms. The Kier molecular flexibility index (Phi) is 3.89. The molecule has 7 heteroatoms. The Bertz CT molecular complexity index is 1010. The van der Waals surface area contributed by atoms with Crippen LogP contribution in [0.4, 0.5) is 0 Å². The van der Waals surface area contributed by atoms with Gasteiger partial charge in [-0.1, -0.05) is 18.2 Å². The third-order valence-corrected chi connectivity index (χ3v) is 3.94. The molecule has 4 rings (SSSR count). The molecule has 0 saturated carbocycles. The molecule has 0 atom stereocenters. The smallest absolute Gasteiger partial charge is 0.168 e. The van der Waals surface area contributed by atoms with Gasteiger partial charge in [0.15, 0.2) is 11.5 Å². The van der Waals surface area contributed by atoms with Crippen molar-refractivity contribution in [1.29, 1.82) is 0 Å². The minimum absolute atomic E-state index is 0.514. The van der Waals surface area contributed by atoms with Gasteiger partial charge < -0.3 is 4.74 Å². The van der Waals surface area contributed by atoms with E-state index in [1.54, 1.807) is 12.5 Å². The molecule has 3 aromatic heterocycles. The number of fused-ring (bicyclic) bond motifs is 1. The standard InChI is InChI=1S/C18H18N6O/c1-13-10-14(2)24(22-13)18-16-11-21-23(17(16)19-12-20-18)8-9-25-15-6-4-3-5-7-15/h3-7,10-12H,8-9H2,1-2H3. The Morgan fingerprint density at radius 3 is 2.68 bits per heavy atom. The van der Waals surface area contributed by atoms with Crippen molar-refractivity contribution in [3.05, 3.63) is 60.3 Å². The lowest BCUT2D eigenvalue weighted by molar-refractivity contribution is 0.293. The highest BCUT2D eigenvalue weighted by molar-refractivity contribution is 5.81. The highest BCUT2D eigenvalue weighted by atomic mass is 16.5. The number of ether oxygens (including phenoxy) is 1. The van der Waals surface area contributed by atoms with Crippen LogP contribution in [0.1, 0.15) is 11.4 Å². The lowest BCUT2D eigenvalue weighted by Gasteiger charge is -2.07. The number of benzene rings is 1. The molecular formula is C18H18N6O. The van der Waals surface area contributed by atoms with Crippen LogP contribution < -0.4 is 4.74 Å². The highest BCUT2D eigenvalue weighted by Gasteiger charge is 2.13. The molecule has 0 unspecified atom stereocenters. The quantitative estimate of drug-likeness (QED) is 0.561. The first kappa shape index (κ1) is 15.3. The molecule has 0 fully saturated rings. The van der Waals surface area contributed by atoms with Crippen LogP contribution >= 0.6 is 0 Å². The summed E-state index contributed by atoms with van der Waals surface area (Å²) in [6.45, 7) is 5.09. The van der Waals surface area contributed by atoms with E-state index in [-0.39, 0.29) is 0 Å². The number of rotatable bonds is 5. The molecule has 7 nitrogen and oxygen atoms in total. The second kappa shape index (κ2) is 6.35. The normalized spacial score (nSPS) is 11.1. The van der Waals surface area contributed by atoms with E-state index in [4.69, 9.17) is 4.74 Å². The molecule has 0 radical (unpaired) electrons. The van der Waals surface area contributed by atoms with Gasteiger partial charge in [-0.25, -0.2) is 19.3 Å². The zero-order valence-corrected chi connectivity index (χ0v) is 14.1. The summed E-state index contributed by atoms with van der Waals surface area (Å²) in [6.07, 6.45) is 3.33. The average molecular weight is 334 g/mol. The zero-order chi connectivity index (χ0) is 17.2. The van der Waals surface area contributed by atoms with Gasteiger partial charge in [-0.2, -0.15) is 10.2 Å². The molecule has 0 aliphatic rings. The van der Waals surface area contributed by atoms with Crippen LogP contribution in [-0.2, 0) is 6.54 Å². The Labute approximate surface area is 144 Å². The van der Waals surface area contributed by atoms with Gasteiger partial charge in [-0.15, -0.1) is 0 Å². The van der Waals surface area contributed by atoms with Gasteiger partial charge in [0.25, 0.3) is 0 Å². The molecule has 3 heterocycles. The fraction of sp³-hybridized carbons (Fsp3) is 0.222. The van der Waals surface area contributed by atoms with E-state index in [1.807, 2.05) is 59.6 Å². The zero-order valence-electron chi connectivity index (χ0n) is 14.1. The van der Waals surface area contributed by atoms with Gasteiger partial charge in [0.05, 0.1) is 23.8 Å². The first-order valence-electron chi connectivity index (χ1n) is 8.10. The first-order valence-corrected chi connectivity index (χ1v) is 8.10. The number of aromatic nitrogens is 6. The average Bonchev–Trinajstić information content (AvgIpc) is 3.18. The number of aryl methyl sites for hydroxylation is 2. The summed E-state index contributed by atoms with van der Waals surface area (Å²) in [4.78, 5) is 8.78. The maximum Gasteiger partial charge on any atom is 0.168 e. The summed E-state index contributed by atoms with van der Waals surface area (Å²) in [6, 6.07) is 11.8. The molecule has 0 aliphatic carbocycles. The summed E-state index contributed by atoms with van der Waals surface area (Å²) in [5, 5.41) is 9.82. The van der Waals surface area contributed by atoms with Crippen LogP contribution in [0.3, 0.4) is 0 Å². The SMILES string of the molecule is Cc1cc(C)n(-c2ncnc3c2cnn3CCOc2ccccc2)n1. The van der Waals surface area contributed by atoms with E-state index in [2.05, 4.69) is 20.2 Å². The molecule has 4 aromatic rings. The van der Waals surface area contributed by atoms with E-state index in [9.17, 15) is 0 Å². The van der Waals surface area contributed by atoms with Gasteiger partial charge in [0.2, 0.25) is 0 Å². The molecule has 126 valence electrons. The molecular weight excluding hydrogens is 316 g/mol. The van der Waals surface area contributed by atoms with Crippen molar-refractivity contribution in [2.24, 2.45) is 0 Å². The molecule has 1 aromatic carbocycles. The largest absolute Gasteiger partial charge is 0.492 e. The molecule has 0 aliphatic heterocycles. The van der Waals surface area contributed by atoms with E-state index < -0.39 is 0 Å². The van der Waals surface area contributed by atoms with E-state index in [0.717, 1.165) is 34.0 Å². The van der Waals surface area contributed by atoms with Crippen LogP contribution in [0, 0.1) is 13.8 Å². The lowest BCUT2D eigenvalue weighted by atomic mass is 10.3. The first-order chi connectivity index (χ1) is 12.2. The highest BCUT2D eigenvalue weighted by Crippen LogP contribution is 2.19. The fourth-order valence-corrected chi connectivity index (χ4v) is 2.82. The van der Waals surface area contributed by atoms with Crippen molar-refractivity contribution in [2.75, 3.05) is 6.61 Å². The summed E-state index contributed by atoms with van der Waals surface area (Å²) in [7, 11) is 0. The van der Waals surface area contributed by atoms with Crippen molar-refractivity contribution in [3.63, 3.8) is 0 Å². The molecule has 0 N–H and O–H groups in total. The summed E-state index contributed by atoms with van der Waals surface area (Å²) < 4.78 is 9.40. The minimum Gasteiger partial charge on any atom is -0.492 e. The third kappa shape index (κ3) is 2.96.